The third-order valence-electron chi connectivity index (χ3n) is 3.14. The van der Waals surface area contributed by atoms with E-state index in [0.717, 1.165) is 31.4 Å². The molecule has 2 rings (SSSR count). The minimum atomic E-state index is -0.113. The molecule has 1 unspecified atom stereocenters. The first-order chi connectivity index (χ1) is 8.79. The highest BCUT2D eigenvalue weighted by Crippen LogP contribution is 2.08. The molecule has 0 saturated carbocycles. The molecular formula is C14H18ClN3O. The molecule has 0 aliphatic carbocycles. The molecule has 1 aliphatic rings. The Morgan fingerprint density at radius 3 is 3.05 bits per heavy atom. The smallest absolute Gasteiger partial charge is 0.237 e. The monoisotopic (exact) mass is 279 g/mol. The van der Waals surface area contributed by atoms with Crippen LogP contribution < -0.4 is 10.6 Å². The molecule has 1 heterocycles. The van der Waals surface area contributed by atoms with Crippen LogP contribution in [-0.2, 0) is 11.3 Å². The lowest BCUT2D eigenvalue weighted by molar-refractivity contribution is -0.122. The number of carbonyl (C=O) groups excluding carboxylic acids is 1. The molecule has 0 radical (unpaired) electrons. The van der Waals surface area contributed by atoms with Crippen LogP contribution in [0.1, 0.15) is 30.4 Å². The molecule has 1 fully saturated rings. The van der Waals surface area contributed by atoms with Gasteiger partial charge in [-0.1, -0.05) is 12.1 Å². The number of rotatable bonds is 3. The number of nitriles is 1. The van der Waals surface area contributed by atoms with Crippen LogP contribution in [0.3, 0.4) is 0 Å². The van der Waals surface area contributed by atoms with E-state index >= 15 is 0 Å². The van der Waals surface area contributed by atoms with Crippen LogP contribution >= 0.6 is 12.4 Å². The lowest BCUT2D eigenvalue weighted by atomic mass is 10.1. The van der Waals surface area contributed by atoms with E-state index in [4.69, 9.17) is 5.26 Å². The number of benzene rings is 1. The second-order valence-electron chi connectivity index (χ2n) is 4.53. The lowest BCUT2D eigenvalue weighted by Crippen LogP contribution is -2.42. The van der Waals surface area contributed by atoms with Gasteiger partial charge in [-0.15, -0.1) is 12.4 Å². The van der Waals surface area contributed by atoms with Gasteiger partial charge in [0.05, 0.1) is 17.7 Å². The molecule has 2 N–H and O–H groups in total. The van der Waals surface area contributed by atoms with Crippen molar-refractivity contribution in [3.05, 3.63) is 35.4 Å². The molecule has 1 aromatic rings. The van der Waals surface area contributed by atoms with Gasteiger partial charge in [0.2, 0.25) is 5.91 Å². The van der Waals surface area contributed by atoms with Gasteiger partial charge in [-0.25, -0.2) is 0 Å². The van der Waals surface area contributed by atoms with Gasteiger partial charge in [-0.3, -0.25) is 4.79 Å². The van der Waals surface area contributed by atoms with Gasteiger partial charge < -0.3 is 10.6 Å². The van der Waals surface area contributed by atoms with Gasteiger partial charge in [0.15, 0.2) is 0 Å². The number of carbonyl (C=O) groups is 1. The predicted octanol–water partition coefficient (Wildman–Crippen LogP) is 1.74. The van der Waals surface area contributed by atoms with Gasteiger partial charge in [-0.2, -0.15) is 5.26 Å². The molecule has 19 heavy (non-hydrogen) atoms. The zero-order valence-corrected chi connectivity index (χ0v) is 11.5. The molecule has 0 bridgehead atoms. The van der Waals surface area contributed by atoms with Crippen LogP contribution in [-0.4, -0.2) is 18.5 Å². The van der Waals surface area contributed by atoms with Crippen molar-refractivity contribution in [2.75, 3.05) is 6.54 Å². The van der Waals surface area contributed by atoms with Gasteiger partial charge in [0.1, 0.15) is 0 Å². The van der Waals surface area contributed by atoms with E-state index in [9.17, 15) is 4.79 Å². The van der Waals surface area contributed by atoms with Crippen molar-refractivity contribution in [1.29, 1.82) is 5.26 Å². The van der Waals surface area contributed by atoms with E-state index in [1.54, 1.807) is 6.07 Å². The second kappa shape index (κ2) is 7.78. The van der Waals surface area contributed by atoms with E-state index in [0.29, 0.717) is 12.1 Å². The molecule has 102 valence electrons. The summed E-state index contributed by atoms with van der Waals surface area (Å²) < 4.78 is 0. The molecule has 1 aliphatic heterocycles. The second-order valence-corrected chi connectivity index (χ2v) is 4.53. The van der Waals surface area contributed by atoms with E-state index in [2.05, 4.69) is 16.7 Å². The van der Waals surface area contributed by atoms with Crippen LogP contribution in [0.25, 0.3) is 0 Å². The molecule has 1 amide bonds. The van der Waals surface area contributed by atoms with Crippen molar-refractivity contribution < 1.29 is 4.79 Å². The predicted molar refractivity (Wildman–Crippen MR) is 75.9 cm³/mol. The Hall–Kier alpha value is -1.57. The van der Waals surface area contributed by atoms with Crippen LogP contribution in [0.15, 0.2) is 24.3 Å². The first-order valence-electron chi connectivity index (χ1n) is 6.30. The average Bonchev–Trinajstić information content (AvgIpc) is 2.61. The van der Waals surface area contributed by atoms with Crippen molar-refractivity contribution >= 4 is 18.3 Å². The standard InChI is InChI=1S/C14H17N3O.ClH/c15-9-11-4-3-5-12(8-11)10-17-13-6-1-2-7-16-14(13)18;/h3-5,8,13,17H,1-2,6-7,10H2,(H,16,18);1H. The quantitative estimate of drug-likeness (QED) is 0.886. The lowest BCUT2D eigenvalue weighted by Gasteiger charge is -2.15. The first-order valence-corrected chi connectivity index (χ1v) is 6.30. The van der Waals surface area contributed by atoms with Gasteiger partial charge in [0.25, 0.3) is 0 Å². The van der Waals surface area contributed by atoms with Crippen LogP contribution in [0.4, 0.5) is 0 Å². The minimum Gasteiger partial charge on any atom is -0.355 e. The van der Waals surface area contributed by atoms with Crippen LogP contribution in [0, 0.1) is 11.3 Å². The Kier molecular flexibility index (Phi) is 6.34. The highest BCUT2D eigenvalue weighted by atomic mass is 35.5. The highest BCUT2D eigenvalue weighted by Gasteiger charge is 2.19. The normalized spacial score (nSPS) is 18.7. The maximum absolute atomic E-state index is 11.7. The Labute approximate surface area is 119 Å². The first kappa shape index (κ1) is 15.5. The van der Waals surface area contributed by atoms with E-state index in [-0.39, 0.29) is 24.4 Å². The summed E-state index contributed by atoms with van der Waals surface area (Å²) in [6, 6.07) is 9.46. The zero-order valence-electron chi connectivity index (χ0n) is 10.7. The topological polar surface area (TPSA) is 64.9 Å². The number of amides is 1. The van der Waals surface area contributed by atoms with Crippen molar-refractivity contribution in [2.45, 2.75) is 31.8 Å². The summed E-state index contributed by atoms with van der Waals surface area (Å²) in [5, 5.41) is 15.0. The van der Waals surface area contributed by atoms with Crippen molar-refractivity contribution in [2.24, 2.45) is 0 Å². The Bertz CT molecular complexity index is 470. The maximum Gasteiger partial charge on any atom is 0.237 e. The minimum absolute atomic E-state index is 0. The number of nitrogens with one attached hydrogen (secondary N) is 2. The largest absolute Gasteiger partial charge is 0.355 e. The van der Waals surface area contributed by atoms with Gasteiger partial charge in [-0.05, 0) is 37.0 Å². The Balaban J connectivity index is 0.00000180. The maximum atomic E-state index is 11.7. The number of hydrogen-bond donors (Lipinski definition) is 2. The summed E-state index contributed by atoms with van der Waals surface area (Å²) in [7, 11) is 0. The van der Waals surface area contributed by atoms with Crippen molar-refractivity contribution in [3.63, 3.8) is 0 Å². The van der Waals surface area contributed by atoms with E-state index in [1.165, 1.54) is 0 Å². The highest BCUT2D eigenvalue weighted by molar-refractivity contribution is 5.85. The van der Waals surface area contributed by atoms with E-state index < -0.39 is 0 Å². The van der Waals surface area contributed by atoms with Gasteiger partial charge >= 0.3 is 0 Å². The summed E-state index contributed by atoms with van der Waals surface area (Å²) in [6.45, 7) is 1.40. The third kappa shape index (κ3) is 4.55. The third-order valence-corrected chi connectivity index (χ3v) is 3.14. The fourth-order valence-corrected chi connectivity index (χ4v) is 2.13. The van der Waals surface area contributed by atoms with Crippen molar-refractivity contribution in [3.8, 4) is 6.07 Å². The molecule has 1 saturated heterocycles. The fourth-order valence-electron chi connectivity index (χ4n) is 2.13. The molecule has 5 heteroatoms. The molecule has 0 aromatic heterocycles. The summed E-state index contributed by atoms with van der Waals surface area (Å²) >= 11 is 0. The van der Waals surface area contributed by atoms with Crippen molar-refractivity contribution in [1.82, 2.24) is 10.6 Å². The van der Waals surface area contributed by atoms with Gasteiger partial charge in [0, 0.05) is 13.1 Å². The molecule has 1 aromatic carbocycles. The Morgan fingerprint density at radius 2 is 2.26 bits per heavy atom. The summed E-state index contributed by atoms with van der Waals surface area (Å²) in [5.41, 5.74) is 1.69. The van der Waals surface area contributed by atoms with E-state index in [1.807, 2.05) is 18.2 Å². The number of nitrogens with zero attached hydrogens (tertiary/aromatic N) is 1. The van der Waals surface area contributed by atoms with Crippen LogP contribution in [0.2, 0.25) is 0 Å². The zero-order chi connectivity index (χ0) is 12.8. The number of hydrogen-bond acceptors (Lipinski definition) is 3. The SMILES string of the molecule is Cl.N#Cc1cccc(CNC2CCCCNC2=O)c1. The number of halogens is 1. The fraction of sp³-hybridized carbons (Fsp3) is 0.429. The average molecular weight is 280 g/mol. The molecular weight excluding hydrogens is 262 g/mol. The molecule has 0 spiro atoms. The summed E-state index contributed by atoms with van der Waals surface area (Å²) in [4.78, 5) is 11.7. The molecule has 4 nitrogen and oxygen atoms in total. The summed E-state index contributed by atoms with van der Waals surface area (Å²) in [6.07, 6.45) is 2.99. The Morgan fingerprint density at radius 1 is 1.42 bits per heavy atom. The molecule has 1 atom stereocenters. The van der Waals surface area contributed by atoms with Crippen LogP contribution in [0.5, 0.6) is 0 Å². The summed E-state index contributed by atoms with van der Waals surface area (Å²) in [5.74, 6) is 0.0870.